The second-order valence-corrected chi connectivity index (χ2v) is 6.12. The molecule has 1 amide bonds. The first-order valence-corrected chi connectivity index (χ1v) is 8.56. The molecular formula is C18H20Cl2N2O3. The molecule has 0 aliphatic heterocycles. The van der Waals surface area contributed by atoms with Crippen LogP contribution in [0.2, 0.25) is 10.0 Å². The van der Waals surface area contributed by atoms with Crippen LogP contribution >= 0.6 is 23.2 Å². The van der Waals surface area contributed by atoms with Crippen LogP contribution in [0.4, 0.5) is 5.69 Å². The molecule has 0 saturated carbocycles. The number of amides is 1. The summed E-state index contributed by atoms with van der Waals surface area (Å²) >= 11 is 11.9. The van der Waals surface area contributed by atoms with Crippen molar-refractivity contribution in [1.29, 1.82) is 0 Å². The fourth-order valence-electron chi connectivity index (χ4n) is 2.04. The molecule has 5 nitrogen and oxygen atoms in total. The van der Waals surface area contributed by atoms with Crippen LogP contribution in [0, 0.1) is 0 Å². The minimum atomic E-state index is -0.117. The zero-order valence-corrected chi connectivity index (χ0v) is 15.4. The molecule has 0 aromatic heterocycles. The zero-order valence-electron chi connectivity index (χ0n) is 13.9. The lowest BCUT2D eigenvalue weighted by Crippen LogP contribution is -2.31. The fraction of sp³-hybridized carbons (Fsp3) is 0.278. The van der Waals surface area contributed by atoms with Gasteiger partial charge in [-0.2, -0.15) is 0 Å². The van der Waals surface area contributed by atoms with Gasteiger partial charge in [0, 0.05) is 30.3 Å². The first-order valence-electron chi connectivity index (χ1n) is 7.81. The Bertz CT molecular complexity index is 693. The van der Waals surface area contributed by atoms with E-state index in [4.69, 9.17) is 32.7 Å². The lowest BCUT2D eigenvalue weighted by molar-refractivity contribution is -0.119. The Morgan fingerprint density at radius 1 is 1.08 bits per heavy atom. The Hall–Kier alpha value is -1.95. The first-order chi connectivity index (χ1) is 12.1. The molecule has 2 aromatic carbocycles. The van der Waals surface area contributed by atoms with Gasteiger partial charge in [-0.15, -0.1) is 0 Å². The van der Waals surface area contributed by atoms with E-state index in [9.17, 15) is 4.79 Å². The van der Waals surface area contributed by atoms with Crippen LogP contribution in [0.25, 0.3) is 0 Å². The highest BCUT2D eigenvalue weighted by molar-refractivity contribution is 6.31. The van der Waals surface area contributed by atoms with E-state index >= 15 is 0 Å². The third-order valence-electron chi connectivity index (χ3n) is 3.27. The Morgan fingerprint density at radius 3 is 2.52 bits per heavy atom. The third kappa shape index (κ3) is 6.82. The van der Waals surface area contributed by atoms with Crippen LogP contribution in [-0.4, -0.2) is 32.7 Å². The summed E-state index contributed by atoms with van der Waals surface area (Å²) in [6.45, 7) is 1.30. The van der Waals surface area contributed by atoms with Gasteiger partial charge in [0.25, 0.3) is 0 Å². The van der Waals surface area contributed by atoms with Gasteiger partial charge in [0.05, 0.1) is 12.2 Å². The van der Waals surface area contributed by atoms with Gasteiger partial charge in [-0.05, 0) is 48.9 Å². The SMILES string of the molecule is COCCCNC(=O)CNc1cc(Cl)ccc1Oc1ccc(Cl)cc1. The maximum Gasteiger partial charge on any atom is 0.239 e. The van der Waals surface area contributed by atoms with E-state index in [2.05, 4.69) is 10.6 Å². The molecule has 134 valence electrons. The third-order valence-corrected chi connectivity index (χ3v) is 3.76. The summed E-state index contributed by atoms with van der Waals surface area (Å²) in [4.78, 5) is 11.9. The van der Waals surface area contributed by atoms with Crippen molar-refractivity contribution in [2.45, 2.75) is 6.42 Å². The number of carbonyl (C=O) groups excluding carboxylic acids is 1. The number of hydrogen-bond donors (Lipinski definition) is 2. The number of carbonyl (C=O) groups is 1. The highest BCUT2D eigenvalue weighted by Crippen LogP contribution is 2.32. The summed E-state index contributed by atoms with van der Waals surface area (Å²) in [5, 5.41) is 7.03. The molecule has 0 aliphatic rings. The molecule has 0 fully saturated rings. The molecule has 7 heteroatoms. The number of rotatable bonds is 9. The van der Waals surface area contributed by atoms with Crippen molar-refractivity contribution in [2.75, 3.05) is 32.1 Å². The van der Waals surface area contributed by atoms with Gasteiger partial charge in [-0.25, -0.2) is 0 Å². The molecule has 2 rings (SSSR count). The summed E-state index contributed by atoms with van der Waals surface area (Å²) in [6.07, 6.45) is 0.768. The minimum Gasteiger partial charge on any atom is -0.455 e. The van der Waals surface area contributed by atoms with Crippen molar-refractivity contribution < 1.29 is 14.3 Å². The van der Waals surface area contributed by atoms with Gasteiger partial charge < -0.3 is 20.1 Å². The molecule has 2 N–H and O–H groups in total. The number of methoxy groups -OCH3 is 1. The second kappa shape index (κ2) is 10.1. The van der Waals surface area contributed by atoms with Crippen molar-refractivity contribution in [3.8, 4) is 11.5 Å². The second-order valence-electron chi connectivity index (χ2n) is 5.25. The summed E-state index contributed by atoms with van der Waals surface area (Å²) in [5.74, 6) is 1.09. The van der Waals surface area contributed by atoms with Gasteiger partial charge in [-0.3, -0.25) is 4.79 Å². The predicted molar refractivity (Wildman–Crippen MR) is 101 cm³/mol. The molecule has 0 bridgehead atoms. The van der Waals surface area contributed by atoms with E-state index in [-0.39, 0.29) is 12.5 Å². The summed E-state index contributed by atoms with van der Waals surface area (Å²) in [7, 11) is 1.63. The van der Waals surface area contributed by atoms with Gasteiger partial charge in [-0.1, -0.05) is 23.2 Å². The van der Waals surface area contributed by atoms with Crippen molar-refractivity contribution in [1.82, 2.24) is 5.32 Å². The maximum atomic E-state index is 11.9. The summed E-state index contributed by atoms with van der Waals surface area (Å²) in [6, 6.07) is 12.2. The van der Waals surface area contributed by atoms with Gasteiger partial charge in [0.1, 0.15) is 5.75 Å². The zero-order chi connectivity index (χ0) is 18.1. The normalized spacial score (nSPS) is 10.4. The molecule has 0 heterocycles. The van der Waals surface area contributed by atoms with E-state index in [0.717, 1.165) is 6.42 Å². The van der Waals surface area contributed by atoms with Crippen molar-refractivity contribution in [2.24, 2.45) is 0 Å². The van der Waals surface area contributed by atoms with Crippen molar-refractivity contribution in [3.63, 3.8) is 0 Å². The van der Waals surface area contributed by atoms with Crippen LogP contribution in [0.15, 0.2) is 42.5 Å². The van der Waals surface area contributed by atoms with Crippen LogP contribution in [0.5, 0.6) is 11.5 Å². The van der Waals surface area contributed by atoms with E-state index < -0.39 is 0 Å². The maximum absolute atomic E-state index is 11.9. The fourth-order valence-corrected chi connectivity index (χ4v) is 2.34. The summed E-state index contributed by atoms with van der Waals surface area (Å²) in [5.41, 5.74) is 0.634. The van der Waals surface area contributed by atoms with Crippen LogP contribution in [0.3, 0.4) is 0 Å². The largest absolute Gasteiger partial charge is 0.455 e. The number of hydrogen-bond acceptors (Lipinski definition) is 4. The van der Waals surface area contributed by atoms with E-state index in [1.165, 1.54) is 0 Å². The quantitative estimate of drug-likeness (QED) is 0.632. The Labute approximate surface area is 157 Å². The first kappa shape index (κ1) is 19.4. The number of nitrogens with one attached hydrogen (secondary N) is 2. The summed E-state index contributed by atoms with van der Waals surface area (Å²) < 4.78 is 10.8. The molecule has 0 spiro atoms. The molecule has 0 unspecified atom stereocenters. The van der Waals surface area contributed by atoms with Crippen molar-refractivity contribution >= 4 is 34.8 Å². The van der Waals surface area contributed by atoms with E-state index in [1.54, 1.807) is 49.6 Å². The molecule has 0 radical (unpaired) electrons. The monoisotopic (exact) mass is 382 g/mol. The minimum absolute atomic E-state index is 0.115. The van der Waals surface area contributed by atoms with Crippen LogP contribution in [0.1, 0.15) is 6.42 Å². The van der Waals surface area contributed by atoms with Gasteiger partial charge in [0.2, 0.25) is 5.91 Å². The molecule has 0 aliphatic carbocycles. The average molecular weight is 383 g/mol. The molecule has 25 heavy (non-hydrogen) atoms. The van der Waals surface area contributed by atoms with Crippen LogP contribution in [-0.2, 0) is 9.53 Å². The molecular weight excluding hydrogens is 363 g/mol. The van der Waals surface area contributed by atoms with Crippen LogP contribution < -0.4 is 15.4 Å². The molecule has 2 aromatic rings. The highest BCUT2D eigenvalue weighted by atomic mass is 35.5. The topological polar surface area (TPSA) is 59.6 Å². The standard InChI is InChI=1S/C18H20Cl2N2O3/c1-24-10-2-9-21-18(23)12-22-16-11-14(20)5-8-17(16)25-15-6-3-13(19)4-7-15/h3-8,11,22H,2,9-10,12H2,1H3,(H,21,23). The predicted octanol–water partition coefficient (Wildman–Crippen LogP) is 4.35. The number of benzene rings is 2. The van der Waals surface area contributed by atoms with Gasteiger partial charge in [0.15, 0.2) is 5.75 Å². The lowest BCUT2D eigenvalue weighted by Gasteiger charge is -2.13. The van der Waals surface area contributed by atoms with Gasteiger partial charge >= 0.3 is 0 Å². The Balaban J connectivity index is 1.96. The van der Waals surface area contributed by atoms with Crippen molar-refractivity contribution in [3.05, 3.63) is 52.5 Å². The lowest BCUT2D eigenvalue weighted by atomic mass is 10.2. The molecule has 0 saturated heterocycles. The smallest absolute Gasteiger partial charge is 0.239 e. The Kier molecular flexibility index (Phi) is 7.85. The number of anilines is 1. The number of ether oxygens (including phenoxy) is 2. The molecule has 0 atom stereocenters. The number of halogens is 2. The van der Waals surface area contributed by atoms with E-state index in [1.807, 2.05) is 0 Å². The Morgan fingerprint density at radius 2 is 1.80 bits per heavy atom. The van der Waals surface area contributed by atoms with E-state index in [0.29, 0.717) is 40.4 Å². The average Bonchev–Trinajstić information content (AvgIpc) is 2.61. The highest BCUT2D eigenvalue weighted by Gasteiger charge is 2.08.